The maximum Gasteiger partial charge on any atom is 0.252 e. The van der Waals surface area contributed by atoms with Crippen LogP contribution in [0.5, 0.6) is 5.75 Å². The van der Waals surface area contributed by atoms with Crippen LogP contribution in [0.1, 0.15) is 25.0 Å². The van der Waals surface area contributed by atoms with Crippen molar-refractivity contribution in [1.29, 1.82) is 0 Å². The number of rotatable bonds is 7. The van der Waals surface area contributed by atoms with Gasteiger partial charge in [0.15, 0.2) is 0 Å². The minimum absolute atomic E-state index is 0.0715. The highest BCUT2D eigenvalue weighted by Gasteiger charge is 2.35. The number of methoxy groups -OCH3 is 1. The zero-order valence-corrected chi connectivity index (χ0v) is 20.8. The van der Waals surface area contributed by atoms with Crippen molar-refractivity contribution in [2.45, 2.75) is 36.1 Å². The van der Waals surface area contributed by atoms with Gasteiger partial charge in [0.2, 0.25) is 0 Å². The molecule has 1 aliphatic rings. The van der Waals surface area contributed by atoms with Gasteiger partial charge in [-0.25, -0.2) is 8.42 Å². The van der Waals surface area contributed by atoms with Crippen LogP contribution in [0.2, 0.25) is 0 Å². The SMILES string of the molecule is COc1ccccc1C[C@H]1CN(S(=O)(=O)c2cccs2)CCN1c1ccc(C(C)(C)O)cc1. The molecule has 1 aliphatic heterocycles. The summed E-state index contributed by atoms with van der Waals surface area (Å²) >= 11 is 1.25. The maximum atomic E-state index is 13.2. The monoisotopic (exact) mass is 486 g/mol. The largest absolute Gasteiger partial charge is 0.496 e. The molecule has 2 aromatic carbocycles. The highest BCUT2D eigenvalue weighted by Crippen LogP contribution is 2.31. The molecular formula is C25H30N2O4S2. The average molecular weight is 487 g/mol. The molecule has 0 bridgehead atoms. The number of sulfonamides is 1. The Bertz CT molecular complexity index is 1170. The van der Waals surface area contributed by atoms with E-state index in [1.165, 1.54) is 11.3 Å². The second-order valence-electron chi connectivity index (χ2n) is 8.76. The van der Waals surface area contributed by atoms with E-state index in [-0.39, 0.29) is 6.04 Å². The number of para-hydroxylation sites is 1. The van der Waals surface area contributed by atoms with Gasteiger partial charge in [0, 0.05) is 31.4 Å². The summed E-state index contributed by atoms with van der Waals surface area (Å²) in [6.45, 7) is 4.90. The van der Waals surface area contributed by atoms with Crippen molar-refractivity contribution in [2.75, 3.05) is 31.6 Å². The molecule has 1 fully saturated rings. The van der Waals surface area contributed by atoms with E-state index in [1.54, 1.807) is 42.8 Å². The Hall–Kier alpha value is -2.39. The van der Waals surface area contributed by atoms with Crippen LogP contribution in [0.4, 0.5) is 5.69 Å². The predicted octanol–water partition coefficient (Wildman–Crippen LogP) is 4.11. The predicted molar refractivity (Wildman–Crippen MR) is 133 cm³/mol. The third-order valence-corrected chi connectivity index (χ3v) is 9.33. The molecular weight excluding hydrogens is 456 g/mol. The number of piperazine rings is 1. The lowest BCUT2D eigenvalue weighted by molar-refractivity contribution is 0.0786. The molecule has 0 radical (unpaired) electrons. The summed E-state index contributed by atoms with van der Waals surface area (Å²) in [6.07, 6.45) is 0.647. The summed E-state index contributed by atoms with van der Waals surface area (Å²) in [5.74, 6) is 0.799. The lowest BCUT2D eigenvalue weighted by Gasteiger charge is -2.42. The fourth-order valence-electron chi connectivity index (χ4n) is 4.28. The van der Waals surface area contributed by atoms with E-state index in [0.29, 0.717) is 30.3 Å². The minimum atomic E-state index is -3.53. The summed E-state index contributed by atoms with van der Waals surface area (Å²) in [6, 6.07) is 19.1. The smallest absolute Gasteiger partial charge is 0.252 e. The number of anilines is 1. The van der Waals surface area contributed by atoms with Gasteiger partial charge in [-0.05, 0) is 61.0 Å². The number of nitrogens with zero attached hydrogens (tertiary/aromatic N) is 2. The molecule has 4 rings (SSSR count). The lowest BCUT2D eigenvalue weighted by atomic mass is 9.97. The van der Waals surface area contributed by atoms with Gasteiger partial charge in [0.1, 0.15) is 9.96 Å². The van der Waals surface area contributed by atoms with Crippen LogP contribution in [0, 0.1) is 0 Å². The number of aliphatic hydroxyl groups is 1. The van der Waals surface area contributed by atoms with Crippen LogP contribution in [0.15, 0.2) is 70.3 Å². The first-order valence-corrected chi connectivity index (χ1v) is 13.3. The number of ether oxygens (including phenoxy) is 1. The van der Waals surface area contributed by atoms with E-state index in [9.17, 15) is 13.5 Å². The molecule has 33 heavy (non-hydrogen) atoms. The van der Waals surface area contributed by atoms with E-state index >= 15 is 0 Å². The Morgan fingerprint density at radius 2 is 1.79 bits per heavy atom. The zero-order chi connectivity index (χ0) is 23.6. The number of thiophene rings is 1. The lowest BCUT2D eigenvalue weighted by Crippen LogP contribution is -2.55. The minimum Gasteiger partial charge on any atom is -0.496 e. The van der Waals surface area contributed by atoms with Gasteiger partial charge in [-0.15, -0.1) is 11.3 Å². The van der Waals surface area contributed by atoms with Crippen LogP contribution >= 0.6 is 11.3 Å². The van der Waals surface area contributed by atoms with Crippen molar-refractivity contribution >= 4 is 27.0 Å². The molecule has 176 valence electrons. The molecule has 0 unspecified atom stereocenters. The molecule has 1 N–H and O–H groups in total. The quantitative estimate of drug-likeness (QED) is 0.544. The van der Waals surface area contributed by atoms with Crippen molar-refractivity contribution in [3.8, 4) is 5.75 Å². The second-order valence-corrected chi connectivity index (χ2v) is 11.9. The van der Waals surface area contributed by atoms with Gasteiger partial charge >= 0.3 is 0 Å². The van der Waals surface area contributed by atoms with Crippen LogP contribution in [-0.2, 0) is 22.0 Å². The van der Waals surface area contributed by atoms with Crippen LogP contribution < -0.4 is 9.64 Å². The topological polar surface area (TPSA) is 70.1 Å². The van der Waals surface area contributed by atoms with Gasteiger partial charge in [-0.2, -0.15) is 4.31 Å². The molecule has 0 spiro atoms. The maximum absolute atomic E-state index is 13.2. The molecule has 8 heteroatoms. The summed E-state index contributed by atoms with van der Waals surface area (Å²) < 4.78 is 34.0. The summed E-state index contributed by atoms with van der Waals surface area (Å²) in [7, 11) is -1.88. The second kappa shape index (κ2) is 9.46. The van der Waals surface area contributed by atoms with Gasteiger partial charge in [-0.1, -0.05) is 36.4 Å². The third kappa shape index (κ3) is 5.09. The van der Waals surface area contributed by atoms with E-state index in [4.69, 9.17) is 4.74 Å². The van der Waals surface area contributed by atoms with Gasteiger partial charge in [0.25, 0.3) is 10.0 Å². The Labute approximate surface area is 200 Å². The fourth-order valence-corrected chi connectivity index (χ4v) is 6.90. The molecule has 1 aromatic heterocycles. The van der Waals surface area contributed by atoms with E-state index in [0.717, 1.165) is 22.6 Å². The highest BCUT2D eigenvalue weighted by atomic mass is 32.2. The first kappa shape index (κ1) is 23.8. The Morgan fingerprint density at radius 1 is 1.06 bits per heavy atom. The molecule has 1 saturated heterocycles. The molecule has 0 saturated carbocycles. The van der Waals surface area contributed by atoms with Crippen molar-refractivity contribution in [2.24, 2.45) is 0 Å². The van der Waals surface area contributed by atoms with Crippen molar-refractivity contribution in [3.63, 3.8) is 0 Å². The fraction of sp³-hybridized carbons (Fsp3) is 0.360. The van der Waals surface area contributed by atoms with Crippen LogP contribution in [-0.4, -0.2) is 50.6 Å². The van der Waals surface area contributed by atoms with Crippen LogP contribution in [0.25, 0.3) is 0 Å². The number of benzene rings is 2. The molecule has 1 atom stereocenters. The van der Waals surface area contributed by atoms with Crippen molar-refractivity contribution < 1.29 is 18.3 Å². The average Bonchev–Trinajstić information content (AvgIpc) is 3.35. The number of hydrogen-bond acceptors (Lipinski definition) is 6. The van der Waals surface area contributed by atoms with Gasteiger partial charge in [0.05, 0.1) is 12.7 Å². The molecule has 2 heterocycles. The van der Waals surface area contributed by atoms with Gasteiger partial charge in [-0.3, -0.25) is 0 Å². The molecule has 0 amide bonds. The summed E-state index contributed by atoms with van der Waals surface area (Å²) in [5, 5.41) is 12.1. The Balaban J connectivity index is 1.66. The standard InChI is InChI=1S/C25H30N2O4S2/c1-25(2,28)20-10-12-21(13-11-20)27-15-14-26(33(29,30)24-9-6-16-32-24)18-22(27)17-19-7-4-5-8-23(19)31-3/h4-13,16,22,28H,14-15,17-18H2,1-3H3/t22-/m0/s1. The normalized spacial score (nSPS) is 17.8. The van der Waals surface area contributed by atoms with E-state index in [2.05, 4.69) is 4.90 Å². The molecule has 3 aromatic rings. The molecule has 6 nitrogen and oxygen atoms in total. The van der Waals surface area contributed by atoms with Gasteiger partial charge < -0.3 is 14.7 Å². The van der Waals surface area contributed by atoms with Crippen molar-refractivity contribution in [1.82, 2.24) is 4.31 Å². The first-order chi connectivity index (χ1) is 15.7. The zero-order valence-electron chi connectivity index (χ0n) is 19.1. The highest BCUT2D eigenvalue weighted by molar-refractivity contribution is 7.91. The van der Waals surface area contributed by atoms with Crippen molar-refractivity contribution in [3.05, 3.63) is 77.2 Å². The third-order valence-electron chi connectivity index (χ3n) is 6.09. The van der Waals surface area contributed by atoms with E-state index in [1.807, 2.05) is 48.5 Å². The Morgan fingerprint density at radius 3 is 2.42 bits per heavy atom. The summed E-state index contributed by atoms with van der Waals surface area (Å²) in [4.78, 5) is 2.26. The first-order valence-electron chi connectivity index (χ1n) is 11.0. The Kier molecular flexibility index (Phi) is 6.81. The number of hydrogen-bond donors (Lipinski definition) is 1. The molecule has 0 aliphatic carbocycles. The summed E-state index contributed by atoms with van der Waals surface area (Å²) in [5.41, 5.74) is 1.98. The van der Waals surface area contributed by atoms with E-state index < -0.39 is 15.6 Å². The van der Waals surface area contributed by atoms with Crippen LogP contribution in [0.3, 0.4) is 0 Å².